The second-order valence-electron chi connectivity index (χ2n) is 8.10. The monoisotopic (exact) mass is 484 g/mol. The molecule has 1 aromatic rings. The summed E-state index contributed by atoms with van der Waals surface area (Å²) in [6.07, 6.45) is 5.05. The lowest BCUT2D eigenvalue weighted by Gasteiger charge is -2.32. The summed E-state index contributed by atoms with van der Waals surface area (Å²) in [4.78, 5) is 9.61. The number of benzene rings is 1. The molecule has 2 heterocycles. The quantitative estimate of drug-likeness (QED) is 0.397. The van der Waals surface area contributed by atoms with Crippen molar-refractivity contribution in [1.82, 2.24) is 15.1 Å². The van der Waals surface area contributed by atoms with E-state index in [0.717, 1.165) is 51.9 Å². The van der Waals surface area contributed by atoms with E-state index in [0.29, 0.717) is 11.5 Å². The van der Waals surface area contributed by atoms with Crippen LogP contribution in [0.1, 0.15) is 24.8 Å². The highest BCUT2D eigenvalue weighted by Crippen LogP contribution is 2.47. The third kappa shape index (κ3) is 5.35. The molecule has 2 saturated heterocycles. The van der Waals surface area contributed by atoms with Crippen LogP contribution in [0, 0.1) is 5.41 Å². The molecule has 0 amide bonds. The fraction of sp³-hybridized carbons (Fsp3) is 0.667. The van der Waals surface area contributed by atoms with Crippen molar-refractivity contribution < 1.29 is 4.74 Å². The summed E-state index contributed by atoms with van der Waals surface area (Å²) >= 11 is 0. The Morgan fingerprint density at radius 2 is 1.93 bits per heavy atom. The van der Waals surface area contributed by atoms with Crippen molar-refractivity contribution >= 4 is 29.9 Å². The molecule has 150 valence electrons. The van der Waals surface area contributed by atoms with Gasteiger partial charge in [0.25, 0.3) is 0 Å². The van der Waals surface area contributed by atoms with E-state index in [1.54, 1.807) is 0 Å². The Bertz CT molecular complexity index is 614. The Kier molecular flexibility index (Phi) is 7.39. The van der Waals surface area contributed by atoms with E-state index < -0.39 is 0 Å². The zero-order chi connectivity index (χ0) is 17.8. The van der Waals surface area contributed by atoms with Gasteiger partial charge in [0, 0.05) is 45.8 Å². The topological polar surface area (TPSA) is 40.1 Å². The highest BCUT2D eigenvalue weighted by molar-refractivity contribution is 14.0. The first kappa shape index (κ1) is 20.9. The van der Waals surface area contributed by atoms with Crippen LogP contribution in [0.2, 0.25) is 0 Å². The van der Waals surface area contributed by atoms with Crippen LogP contribution in [-0.2, 0) is 11.2 Å². The largest absolute Gasteiger partial charge is 0.379 e. The molecule has 1 unspecified atom stereocenters. The Morgan fingerprint density at radius 3 is 2.59 bits per heavy atom. The zero-order valence-corrected chi connectivity index (χ0v) is 18.7. The van der Waals surface area contributed by atoms with Gasteiger partial charge >= 0.3 is 0 Å². The van der Waals surface area contributed by atoms with Crippen LogP contribution >= 0.6 is 24.0 Å². The van der Waals surface area contributed by atoms with Crippen molar-refractivity contribution in [2.75, 3.05) is 53.0 Å². The van der Waals surface area contributed by atoms with E-state index in [1.807, 2.05) is 7.05 Å². The maximum atomic E-state index is 5.50. The highest BCUT2D eigenvalue weighted by Gasteiger charge is 2.42. The fourth-order valence-electron chi connectivity index (χ4n) is 4.40. The van der Waals surface area contributed by atoms with Crippen LogP contribution in [-0.4, -0.2) is 74.8 Å². The van der Waals surface area contributed by atoms with E-state index in [9.17, 15) is 0 Å². The lowest BCUT2D eigenvalue weighted by atomic mass is 9.96. The number of hydrogen-bond acceptors (Lipinski definition) is 3. The van der Waals surface area contributed by atoms with Crippen molar-refractivity contribution in [3.63, 3.8) is 0 Å². The summed E-state index contributed by atoms with van der Waals surface area (Å²) < 4.78 is 5.50. The molecule has 27 heavy (non-hydrogen) atoms. The Balaban J connectivity index is 0.00000210. The number of rotatable bonds is 5. The van der Waals surface area contributed by atoms with Crippen molar-refractivity contribution in [3.05, 3.63) is 35.9 Å². The SMILES string of the molecule is CN=C(NCC1(Cc2ccccc2)CC1)N1CCC(N2CCOCC2)C1.I. The van der Waals surface area contributed by atoms with Gasteiger partial charge in [-0.25, -0.2) is 0 Å². The van der Waals surface area contributed by atoms with Gasteiger partial charge in [0.05, 0.1) is 13.2 Å². The van der Waals surface area contributed by atoms with Crippen LogP contribution in [0.5, 0.6) is 0 Å². The highest BCUT2D eigenvalue weighted by atomic mass is 127. The normalized spacial score (nSPS) is 25.1. The lowest BCUT2D eigenvalue weighted by molar-refractivity contribution is 0.0195. The molecule has 1 aromatic carbocycles. The molecule has 0 spiro atoms. The molecule has 1 N–H and O–H groups in total. The van der Waals surface area contributed by atoms with Gasteiger partial charge in [0.15, 0.2) is 5.96 Å². The number of hydrogen-bond donors (Lipinski definition) is 1. The predicted molar refractivity (Wildman–Crippen MR) is 121 cm³/mol. The Hall–Kier alpha value is -0.860. The molecular formula is C21H33IN4O. The first-order chi connectivity index (χ1) is 12.8. The van der Waals surface area contributed by atoms with Crippen molar-refractivity contribution in [1.29, 1.82) is 0 Å². The van der Waals surface area contributed by atoms with Crippen LogP contribution in [0.15, 0.2) is 35.3 Å². The molecule has 1 aliphatic carbocycles. The summed E-state index contributed by atoms with van der Waals surface area (Å²) in [6, 6.07) is 11.5. The van der Waals surface area contributed by atoms with E-state index in [1.165, 1.54) is 31.2 Å². The van der Waals surface area contributed by atoms with E-state index in [2.05, 4.69) is 50.4 Å². The maximum Gasteiger partial charge on any atom is 0.193 e. The molecule has 3 fully saturated rings. The molecule has 0 aromatic heterocycles. The van der Waals surface area contributed by atoms with E-state index >= 15 is 0 Å². The number of ether oxygens (including phenoxy) is 1. The van der Waals surface area contributed by atoms with Crippen LogP contribution in [0.3, 0.4) is 0 Å². The van der Waals surface area contributed by atoms with Crippen LogP contribution < -0.4 is 5.32 Å². The standard InChI is InChI=1S/C21H32N4O.HI/c1-22-20(25-10-7-19(16-25)24-11-13-26-14-12-24)23-17-21(8-9-21)15-18-5-3-2-4-6-18;/h2-6,19H,7-17H2,1H3,(H,22,23);1H. The van der Waals surface area contributed by atoms with E-state index in [-0.39, 0.29) is 24.0 Å². The van der Waals surface area contributed by atoms with E-state index in [4.69, 9.17) is 4.74 Å². The molecule has 6 heteroatoms. The summed E-state index contributed by atoms with van der Waals surface area (Å²) in [6.45, 7) is 7.14. The Morgan fingerprint density at radius 1 is 1.19 bits per heavy atom. The third-order valence-electron chi connectivity index (χ3n) is 6.24. The summed E-state index contributed by atoms with van der Waals surface area (Å²) in [5.74, 6) is 1.08. The molecule has 5 nitrogen and oxygen atoms in total. The van der Waals surface area contributed by atoms with Gasteiger partial charge < -0.3 is 15.0 Å². The second-order valence-corrected chi connectivity index (χ2v) is 8.10. The summed E-state index contributed by atoms with van der Waals surface area (Å²) in [7, 11) is 1.92. The van der Waals surface area contributed by atoms with Gasteiger partial charge in [-0.2, -0.15) is 0 Å². The van der Waals surface area contributed by atoms with Gasteiger partial charge in [-0.1, -0.05) is 30.3 Å². The molecule has 1 atom stereocenters. The minimum Gasteiger partial charge on any atom is -0.379 e. The van der Waals surface area contributed by atoms with Crippen LogP contribution in [0.4, 0.5) is 0 Å². The predicted octanol–water partition coefficient (Wildman–Crippen LogP) is 2.61. The molecule has 2 aliphatic heterocycles. The van der Waals surface area contributed by atoms with Gasteiger partial charge in [-0.15, -0.1) is 24.0 Å². The zero-order valence-electron chi connectivity index (χ0n) is 16.4. The molecule has 1 saturated carbocycles. The number of morpholine rings is 1. The molecule has 0 radical (unpaired) electrons. The Labute approximate surface area is 180 Å². The summed E-state index contributed by atoms with van der Waals surface area (Å²) in [5.41, 5.74) is 1.89. The van der Waals surface area contributed by atoms with Crippen molar-refractivity contribution in [2.45, 2.75) is 31.7 Å². The van der Waals surface area contributed by atoms with Crippen molar-refractivity contribution in [2.24, 2.45) is 10.4 Å². The average Bonchev–Trinajstić information content (AvgIpc) is 3.27. The molecule has 4 rings (SSSR count). The molecule has 0 bridgehead atoms. The number of halogens is 1. The number of likely N-dealkylation sites (tertiary alicyclic amines) is 1. The van der Waals surface area contributed by atoms with Crippen LogP contribution in [0.25, 0.3) is 0 Å². The number of aliphatic imine (C=N–C) groups is 1. The first-order valence-corrected chi connectivity index (χ1v) is 10.1. The average molecular weight is 484 g/mol. The summed E-state index contributed by atoms with van der Waals surface area (Å²) in [5, 5.41) is 3.69. The second kappa shape index (κ2) is 9.56. The molecule has 3 aliphatic rings. The van der Waals surface area contributed by atoms with Gasteiger partial charge in [0.1, 0.15) is 0 Å². The molecular weight excluding hydrogens is 451 g/mol. The maximum absolute atomic E-state index is 5.50. The lowest BCUT2D eigenvalue weighted by Crippen LogP contribution is -2.47. The first-order valence-electron chi connectivity index (χ1n) is 10.1. The number of nitrogens with zero attached hydrogens (tertiary/aromatic N) is 3. The minimum absolute atomic E-state index is 0. The minimum atomic E-state index is 0. The third-order valence-corrected chi connectivity index (χ3v) is 6.24. The van der Waals surface area contributed by atoms with Crippen molar-refractivity contribution in [3.8, 4) is 0 Å². The smallest absolute Gasteiger partial charge is 0.193 e. The number of guanidine groups is 1. The fourth-order valence-corrected chi connectivity index (χ4v) is 4.40. The van der Waals surface area contributed by atoms with Gasteiger partial charge in [-0.3, -0.25) is 9.89 Å². The van der Waals surface area contributed by atoms with Gasteiger partial charge in [-0.05, 0) is 36.7 Å². The number of nitrogens with one attached hydrogen (secondary N) is 1. The van der Waals surface area contributed by atoms with Gasteiger partial charge in [0.2, 0.25) is 0 Å².